The molecule has 1 aliphatic heterocycles. The monoisotopic (exact) mass is 236 g/mol. The van der Waals surface area contributed by atoms with Gasteiger partial charge in [0.15, 0.2) is 0 Å². The molecule has 1 rings (SSSR count). The Bertz CT molecular complexity index is 327. The van der Waals surface area contributed by atoms with E-state index in [1.165, 1.54) is 18.2 Å². The predicted molar refractivity (Wildman–Crippen MR) is 66.1 cm³/mol. The molecule has 0 aromatic rings. The van der Waals surface area contributed by atoms with Gasteiger partial charge in [-0.15, -0.1) is 6.42 Å². The van der Waals surface area contributed by atoms with Crippen LogP contribution in [0.3, 0.4) is 0 Å². The Kier molecular flexibility index (Phi) is 5.02. The van der Waals surface area contributed by atoms with Crippen molar-refractivity contribution in [3.8, 4) is 12.3 Å². The summed E-state index contributed by atoms with van der Waals surface area (Å²) >= 11 is 0. The van der Waals surface area contributed by atoms with Crippen molar-refractivity contribution in [2.45, 2.75) is 39.2 Å². The quantitative estimate of drug-likeness (QED) is 0.682. The Morgan fingerprint density at radius 1 is 1.35 bits per heavy atom. The van der Waals surface area contributed by atoms with E-state index < -0.39 is 0 Å². The molecule has 94 valence electrons. The average molecular weight is 236 g/mol. The molecule has 4 heteroatoms. The van der Waals surface area contributed by atoms with Crippen LogP contribution in [0.1, 0.15) is 33.1 Å². The lowest BCUT2D eigenvalue weighted by Crippen LogP contribution is -2.46. The van der Waals surface area contributed by atoms with Gasteiger partial charge < -0.3 is 9.80 Å². The number of carbonyl (C=O) groups is 2. The Morgan fingerprint density at radius 3 is 2.41 bits per heavy atom. The normalized spacial score (nSPS) is 17.1. The zero-order chi connectivity index (χ0) is 12.8. The third-order valence-corrected chi connectivity index (χ3v) is 3.13. The summed E-state index contributed by atoms with van der Waals surface area (Å²) in [6.07, 6.45) is 8.58. The van der Waals surface area contributed by atoms with Crippen LogP contribution in [0.25, 0.3) is 0 Å². The molecule has 0 spiro atoms. The van der Waals surface area contributed by atoms with Gasteiger partial charge in [0.05, 0.1) is 6.04 Å². The summed E-state index contributed by atoms with van der Waals surface area (Å²) in [7, 11) is 0. The molecule has 0 aromatic heterocycles. The molecule has 0 bridgehead atoms. The van der Waals surface area contributed by atoms with Gasteiger partial charge in [-0.2, -0.15) is 0 Å². The van der Waals surface area contributed by atoms with Crippen molar-refractivity contribution in [2.24, 2.45) is 0 Å². The molecule has 0 N–H and O–H groups in total. The van der Waals surface area contributed by atoms with E-state index in [1.54, 1.807) is 6.92 Å². The molecule has 0 saturated carbocycles. The topological polar surface area (TPSA) is 40.6 Å². The molecule has 0 aromatic carbocycles. The van der Waals surface area contributed by atoms with Crippen molar-refractivity contribution in [3.05, 3.63) is 0 Å². The molecule has 2 amide bonds. The second-order valence-electron chi connectivity index (χ2n) is 4.43. The average Bonchev–Trinajstić information content (AvgIpc) is 2.35. The molecule has 1 atom stereocenters. The molecule has 1 aliphatic rings. The SMILES string of the molecule is C#C[C@H](C)N(CC(=O)N1CCCCC1)C(C)=O. The van der Waals surface area contributed by atoms with Crippen LogP contribution in [0.5, 0.6) is 0 Å². The van der Waals surface area contributed by atoms with Gasteiger partial charge in [0, 0.05) is 20.0 Å². The summed E-state index contributed by atoms with van der Waals surface area (Å²) in [5.74, 6) is 2.34. The minimum absolute atomic E-state index is 0.00185. The first-order valence-electron chi connectivity index (χ1n) is 6.07. The lowest BCUT2D eigenvalue weighted by Gasteiger charge is -2.30. The van der Waals surface area contributed by atoms with Gasteiger partial charge in [-0.1, -0.05) is 5.92 Å². The van der Waals surface area contributed by atoms with E-state index in [1.807, 2.05) is 4.90 Å². The van der Waals surface area contributed by atoms with Gasteiger partial charge in [0.2, 0.25) is 11.8 Å². The van der Waals surface area contributed by atoms with Crippen LogP contribution in [0.15, 0.2) is 0 Å². The Hall–Kier alpha value is -1.50. The van der Waals surface area contributed by atoms with Crippen molar-refractivity contribution in [1.29, 1.82) is 0 Å². The van der Waals surface area contributed by atoms with E-state index in [4.69, 9.17) is 6.42 Å². The number of hydrogen-bond donors (Lipinski definition) is 0. The minimum atomic E-state index is -0.332. The number of rotatable bonds is 3. The number of piperidine rings is 1. The highest BCUT2D eigenvalue weighted by molar-refractivity contribution is 5.84. The van der Waals surface area contributed by atoms with Gasteiger partial charge in [-0.3, -0.25) is 9.59 Å². The first-order valence-corrected chi connectivity index (χ1v) is 6.07. The first-order chi connectivity index (χ1) is 8.06. The van der Waals surface area contributed by atoms with Crippen LogP contribution in [0, 0.1) is 12.3 Å². The van der Waals surface area contributed by atoms with E-state index in [-0.39, 0.29) is 24.4 Å². The van der Waals surface area contributed by atoms with Crippen molar-refractivity contribution in [1.82, 2.24) is 9.80 Å². The molecule has 0 unspecified atom stereocenters. The molecule has 17 heavy (non-hydrogen) atoms. The minimum Gasteiger partial charge on any atom is -0.341 e. The number of hydrogen-bond acceptors (Lipinski definition) is 2. The summed E-state index contributed by atoms with van der Waals surface area (Å²) in [6.45, 7) is 4.90. The first kappa shape index (κ1) is 13.6. The highest BCUT2D eigenvalue weighted by atomic mass is 16.2. The number of amides is 2. The fourth-order valence-corrected chi connectivity index (χ4v) is 2.00. The summed E-state index contributed by atoms with van der Waals surface area (Å²) in [5.41, 5.74) is 0. The van der Waals surface area contributed by atoms with E-state index in [0.717, 1.165) is 25.9 Å². The zero-order valence-electron chi connectivity index (χ0n) is 10.6. The lowest BCUT2D eigenvalue weighted by atomic mass is 10.1. The number of likely N-dealkylation sites (tertiary alicyclic amines) is 1. The van der Waals surface area contributed by atoms with Crippen LogP contribution >= 0.6 is 0 Å². The maximum atomic E-state index is 12.0. The highest BCUT2D eigenvalue weighted by Gasteiger charge is 2.22. The van der Waals surface area contributed by atoms with Crippen molar-refractivity contribution < 1.29 is 9.59 Å². The smallest absolute Gasteiger partial charge is 0.242 e. The van der Waals surface area contributed by atoms with Crippen LogP contribution in [0.4, 0.5) is 0 Å². The maximum absolute atomic E-state index is 12.0. The van der Waals surface area contributed by atoms with Gasteiger partial charge in [0.25, 0.3) is 0 Å². The lowest BCUT2D eigenvalue weighted by molar-refractivity contribution is -0.140. The van der Waals surface area contributed by atoms with Crippen molar-refractivity contribution >= 4 is 11.8 Å². The van der Waals surface area contributed by atoms with Crippen LogP contribution in [0.2, 0.25) is 0 Å². The van der Waals surface area contributed by atoms with E-state index >= 15 is 0 Å². The third kappa shape index (κ3) is 3.77. The molecule has 1 heterocycles. The van der Waals surface area contributed by atoms with Gasteiger partial charge in [-0.05, 0) is 26.2 Å². The van der Waals surface area contributed by atoms with Crippen LogP contribution in [-0.2, 0) is 9.59 Å². The van der Waals surface area contributed by atoms with E-state index in [2.05, 4.69) is 5.92 Å². The van der Waals surface area contributed by atoms with Gasteiger partial charge >= 0.3 is 0 Å². The Balaban J connectivity index is 2.57. The van der Waals surface area contributed by atoms with E-state index in [9.17, 15) is 9.59 Å². The number of nitrogens with zero attached hydrogens (tertiary/aromatic N) is 2. The highest BCUT2D eigenvalue weighted by Crippen LogP contribution is 2.10. The molecule has 4 nitrogen and oxygen atoms in total. The predicted octanol–water partition coefficient (Wildman–Crippen LogP) is 0.869. The molecule has 1 saturated heterocycles. The van der Waals surface area contributed by atoms with Crippen molar-refractivity contribution in [2.75, 3.05) is 19.6 Å². The summed E-state index contributed by atoms with van der Waals surface area (Å²) in [6, 6.07) is -0.332. The standard InChI is InChI=1S/C13H20N2O2/c1-4-11(2)15(12(3)16)10-13(17)14-8-6-5-7-9-14/h1,11H,5-10H2,2-3H3/t11-/m0/s1. The second kappa shape index (κ2) is 6.29. The van der Waals surface area contributed by atoms with Crippen LogP contribution < -0.4 is 0 Å². The van der Waals surface area contributed by atoms with Gasteiger partial charge in [-0.25, -0.2) is 0 Å². The van der Waals surface area contributed by atoms with Crippen LogP contribution in [-0.4, -0.2) is 47.3 Å². The number of terminal acetylenes is 1. The third-order valence-electron chi connectivity index (χ3n) is 3.13. The second-order valence-corrected chi connectivity index (χ2v) is 4.43. The molecule has 0 aliphatic carbocycles. The number of carbonyl (C=O) groups excluding carboxylic acids is 2. The maximum Gasteiger partial charge on any atom is 0.242 e. The van der Waals surface area contributed by atoms with Crippen molar-refractivity contribution in [3.63, 3.8) is 0 Å². The molecular weight excluding hydrogens is 216 g/mol. The summed E-state index contributed by atoms with van der Waals surface area (Å²) < 4.78 is 0. The summed E-state index contributed by atoms with van der Waals surface area (Å²) in [5, 5.41) is 0. The molecule has 1 fully saturated rings. The Morgan fingerprint density at radius 2 is 1.94 bits per heavy atom. The molecular formula is C13H20N2O2. The zero-order valence-corrected chi connectivity index (χ0v) is 10.6. The fraction of sp³-hybridized carbons (Fsp3) is 0.692. The van der Waals surface area contributed by atoms with Gasteiger partial charge in [0.1, 0.15) is 6.54 Å². The van der Waals surface area contributed by atoms with E-state index in [0.29, 0.717) is 0 Å². The fourth-order valence-electron chi connectivity index (χ4n) is 2.00. The largest absolute Gasteiger partial charge is 0.341 e. The summed E-state index contributed by atoms with van der Waals surface area (Å²) in [4.78, 5) is 26.7. The molecule has 0 radical (unpaired) electrons. The Labute approximate surface area is 103 Å².